The van der Waals surface area contributed by atoms with Crippen molar-refractivity contribution in [2.75, 3.05) is 0 Å². The van der Waals surface area contributed by atoms with E-state index in [1.165, 1.54) is 6.07 Å². The van der Waals surface area contributed by atoms with Crippen LogP contribution in [0, 0.1) is 0 Å². The molecule has 1 amide bonds. The van der Waals surface area contributed by atoms with Crippen molar-refractivity contribution >= 4 is 50.5 Å². The highest BCUT2D eigenvalue weighted by atomic mass is 35.5. The second kappa shape index (κ2) is 8.41. The average molecular weight is 487 g/mol. The Kier molecular flexibility index (Phi) is 6.47. The fourth-order valence-electron chi connectivity index (χ4n) is 3.21. The summed E-state index contributed by atoms with van der Waals surface area (Å²) >= 11 is 12.6. The van der Waals surface area contributed by atoms with E-state index < -0.39 is 32.7 Å². The molecule has 1 N–H and O–H groups in total. The number of nitrogens with zero attached hydrogens (tertiary/aromatic N) is 1. The number of nitrogens with one attached hydrogen (secondary N) is 1. The Hall–Kier alpha value is -1.36. The zero-order chi connectivity index (χ0) is 21.4. The normalized spacial score (nSPS) is 20.4. The van der Waals surface area contributed by atoms with E-state index in [4.69, 9.17) is 23.2 Å². The molecular weight excluding hydrogens is 472 g/mol. The van der Waals surface area contributed by atoms with E-state index >= 15 is 0 Å². The van der Waals surface area contributed by atoms with Crippen LogP contribution >= 0.6 is 34.7 Å². The monoisotopic (exact) mass is 486 g/mol. The first kappa shape index (κ1) is 22.3. The molecule has 158 valence electrons. The van der Waals surface area contributed by atoms with Crippen LogP contribution in [0.15, 0.2) is 29.2 Å². The predicted octanol–water partition coefficient (Wildman–Crippen LogP) is 4.98. The van der Waals surface area contributed by atoms with E-state index in [0.717, 1.165) is 23.7 Å². The van der Waals surface area contributed by atoms with Gasteiger partial charge in [0.1, 0.15) is 9.36 Å². The van der Waals surface area contributed by atoms with Crippen molar-refractivity contribution < 1.29 is 26.4 Å². The van der Waals surface area contributed by atoms with Crippen molar-refractivity contribution in [1.82, 2.24) is 9.69 Å². The summed E-state index contributed by atoms with van der Waals surface area (Å²) in [5.74, 6) is -0.498. The van der Waals surface area contributed by atoms with E-state index in [2.05, 4.69) is 9.69 Å². The lowest BCUT2D eigenvalue weighted by atomic mass is 9.95. The third-order valence-electron chi connectivity index (χ3n) is 4.75. The number of carbonyl (C=O) groups excluding carboxylic acids is 1. The molecule has 29 heavy (non-hydrogen) atoms. The molecule has 5 nitrogen and oxygen atoms in total. The molecule has 0 atom stereocenters. The molecule has 3 rings (SSSR count). The molecule has 1 saturated carbocycles. The van der Waals surface area contributed by atoms with Crippen LogP contribution in [-0.2, 0) is 16.0 Å². The first-order valence-corrected chi connectivity index (χ1v) is 11.6. The largest absolute Gasteiger partial charge is 0.416 e. The zero-order valence-corrected chi connectivity index (χ0v) is 17.8. The highest BCUT2D eigenvalue weighted by molar-refractivity contribution is 7.92. The smallest absolute Gasteiger partial charge is 0.348 e. The van der Waals surface area contributed by atoms with Gasteiger partial charge in [0.25, 0.3) is 5.91 Å². The van der Waals surface area contributed by atoms with Crippen molar-refractivity contribution in [3.63, 3.8) is 0 Å². The first-order chi connectivity index (χ1) is 13.5. The van der Waals surface area contributed by atoms with Gasteiger partial charge in [0.15, 0.2) is 15.5 Å². The number of amides is 1. The van der Waals surface area contributed by atoms with Crippen molar-refractivity contribution in [1.29, 1.82) is 0 Å². The maximum Gasteiger partial charge on any atom is 0.416 e. The first-order valence-electron chi connectivity index (χ1n) is 8.53. The molecule has 0 bridgehead atoms. The number of carbonyl (C=O) groups is 1. The summed E-state index contributed by atoms with van der Waals surface area (Å²) < 4.78 is 68.3. The van der Waals surface area contributed by atoms with Gasteiger partial charge in [-0.05, 0) is 55.4 Å². The number of hydrogen-bond acceptors (Lipinski definition) is 5. The van der Waals surface area contributed by atoms with Gasteiger partial charge >= 0.3 is 6.18 Å². The summed E-state index contributed by atoms with van der Waals surface area (Å²) in [5.41, 5.74) is -0.987. The molecule has 1 heterocycles. The summed E-state index contributed by atoms with van der Waals surface area (Å²) in [6, 6.07) is 3.47. The molecule has 0 radical (unpaired) electrons. The van der Waals surface area contributed by atoms with Crippen molar-refractivity contribution in [2.24, 2.45) is 0 Å². The van der Waals surface area contributed by atoms with Gasteiger partial charge in [-0.1, -0.05) is 29.3 Å². The second-order valence-electron chi connectivity index (χ2n) is 6.64. The van der Waals surface area contributed by atoms with Gasteiger partial charge in [0.2, 0.25) is 0 Å². The van der Waals surface area contributed by atoms with Crippen molar-refractivity contribution in [3.05, 3.63) is 44.9 Å². The lowest BCUT2D eigenvalue weighted by Crippen LogP contribution is -2.40. The zero-order valence-electron chi connectivity index (χ0n) is 14.7. The summed E-state index contributed by atoms with van der Waals surface area (Å²) in [6.07, 6.45) is -3.45. The molecule has 1 aliphatic rings. The quantitative estimate of drug-likeness (QED) is 0.660. The second-order valence-corrected chi connectivity index (χ2v) is 10.6. The lowest BCUT2D eigenvalue weighted by molar-refractivity contribution is -0.137. The Balaban J connectivity index is 1.65. The van der Waals surface area contributed by atoms with Crippen LogP contribution in [0.1, 0.15) is 41.7 Å². The number of halogens is 5. The number of aromatic nitrogens is 1. The average Bonchev–Trinajstić information content (AvgIpc) is 3.00. The molecule has 12 heteroatoms. The molecule has 0 unspecified atom stereocenters. The highest BCUT2D eigenvalue weighted by Crippen LogP contribution is 2.34. The molecule has 0 saturated heterocycles. The van der Waals surface area contributed by atoms with Gasteiger partial charge in [-0.25, -0.2) is 8.42 Å². The number of benzene rings is 1. The van der Waals surface area contributed by atoms with Gasteiger partial charge in [-0.15, -0.1) is 0 Å². The molecule has 0 aliphatic heterocycles. The maximum atomic E-state index is 12.9. The summed E-state index contributed by atoms with van der Waals surface area (Å²) in [7, 11) is -3.91. The Morgan fingerprint density at radius 1 is 1.17 bits per heavy atom. The molecule has 1 aliphatic carbocycles. The number of sulfone groups is 1. The van der Waals surface area contributed by atoms with E-state index in [0.29, 0.717) is 18.9 Å². The third-order valence-corrected chi connectivity index (χ3v) is 8.62. The Morgan fingerprint density at radius 2 is 1.83 bits per heavy atom. The van der Waals surface area contributed by atoms with Gasteiger partial charge in [0.05, 0.1) is 15.7 Å². The molecule has 2 aromatic rings. The summed E-state index contributed by atoms with van der Waals surface area (Å²) in [5, 5.41) is 2.00. The number of rotatable bonds is 4. The Labute approximate surface area is 179 Å². The fraction of sp³-hybridized carbons (Fsp3) is 0.412. The maximum absolute atomic E-state index is 12.9. The lowest BCUT2D eigenvalue weighted by Gasteiger charge is -2.29. The van der Waals surface area contributed by atoms with Gasteiger partial charge in [0, 0.05) is 6.04 Å². The fourth-order valence-corrected chi connectivity index (χ4v) is 6.05. The van der Waals surface area contributed by atoms with Gasteiger partial charge in [-0.3, -0.25) is 4.79 Å². The summed E-state index contributed by atoms with van der Waals surface area (Å²) in [4.78, 5) is 11.9. The Bertz CT molecular complexity index is 1020. The predicted molar refractivity (Wildman–Crippen MR) is 104 cm³/mol. The third kappa shape index (κ3) is 4.87. The number of hydrogen-bond donors (Lipinski definition) is 1. The van der Waals surface area contributed by atoms with Crippen LogP contribution < -0.4 is 5.32 Å². The topological polar surface area (TPSA) is 76.1 Å². The minimum absolute atomic E-state index is 0.0142. The highest BCUT2D eigenvalue weighted by Gasteiger charge is 2.36. The van der Waals surface area contributed by atoms with E-state index in [9.17, 15) is 26.4 Å². The standard InChI is InChI=1S/C17H15Cl2F3N2O3S2/c18-13-14(24-28-15(13)19)16(25)23-10-4-6-11(7-5-10)29(26,27)12-3-1-2-9(8-12)17(20,21)22/h1-3,8,10-11H,4-7H2,(H,23,25)/t10-,11-. The minimum atomic E-state index is -4.62. The van der Waals surface area contributed by atoms with Crippen molar-refractivity contribution in [3.8, 4) is 0 Å². The molecule has 1 aromatic carbocycles. The number of alkyl halides is 3. The van der Waals surface area contributed by atoms with E-state index in [1.54, 1.807) is 0 Å². The Morgan fingerprint density at radius 3 is 2.38 bits per heavy atom. The molecule has 0 spiro atoms. The van der Waals surface area contributed by atoms with E-state index in [1.807, 2.05) is 0 Å². The molecule has 1 aromatic heterocycles. The SMILES string of the molecule is O=C(N[C@H]1CC[C@H](S(=O)(=O)c2cccc(C(F)(F)F)c2)CC1)c1nsc(Cl)c1Cl. The molecular formula is C17H15Cl2F3N2O3S2. The van der Waals surface area contributed by atoms with Crippen LogP contribution in [0.3, 0.4) is 0 Å². The minimum Gasteiger partial charge on any atom is -0.348 e. The summed E-state index contributed by atoms with van der Waals surface area (Å²) in [6.45, 7) is 0. The molecule has 1 fully saturated rings. The van der Waals surface area contributed by atoms with Gasteiger partial charge < -0.3 is 5.32 Å². The van der Waals surface area contributed by atoms with Gasteiger partial charge in [-0.2, -0.15) is 17.5 Å². The van der Waals surface area contributed by atoms with Crippen LogP contribution in [0.4, 0.5) is 13.2 Å². The van der Waals surface area contributed by atoms with E-state index in [-0.39, 0.29) is 38.8 Å². The van der Waals surface area contributed by atoms with Crippen LogP contribution in [0.25, 0.3) is 0 Å². The van der Waals surface area contributed by atoms with Crippen LogP contribution in [0.2, 0.25) is 9.36 Å². The van der Waals surface area contributed by atoms with Crippen molar-refractivity contribution in [2.45, 2.75) is 48.0 Å². The van der Waals surface area contributed by atoms with Crippen LogP contribution in [-0.4, -0.2) is 30.0 Å². The van der Waals surface area contributed by atoms with Crippen LogP contribution in [0.5, 0.6) is 0 Å².